The number of hydrogen-bond donors (Lipinski definition) is 5. The number of carbonyl (C=O) groups excluding carboxylic acids is 5. The average molecular weight is 681 g/mol. The topological polar surface area (TPSA) is 159 Å². The van der Waals surface area contributed by atoms with Gasteiger partial charge < -0.3 is 27.0 Å². The summed E-state index contributed by atoms with van der Waals surface area (Å²) in [6.07, 6.45) is 0.0939. The minimum absolute atomic E-state index is 0.0132. The van der Waals surface area contributed by atoms with Gasteiger partial charge in [0, 0.05) is 24.9 Å². The first-order valence-corrected chi connectivity index (χ1v) is 17.3. The molecule has 4 rings (SSSR count). The van der Waals surface area contributed by atoms with Crippen molar-refractivity contribution in [2.24, 2.45) is 11.7 Å². The van der Waals surface area contributed by atoms with Crippen LogP contribution in [0.5, 0.6) is 0 Å². The number of hydrogen-bond acceptors (Lipinski definition) is 5. The third kappa shape index (κ3) is 11.1. The van der Waals surface area contributed by atoms with Gasteiger partial charge in [0.25, 0.3) is 5.91 Å². The molecule has 5 amide bonds. The van der Waals surface area contributed by atoms with Crippen molar-refractivity contribution in [1.29, 1.82) is 0 Å². The van der Waals surface area contributed by atoms with Crippen LogP contribution in [-0.4, -0.2) is 54.7 Å². The lowest BCUT2D eigenvalue weighted by Gasteiger charge is -2.22. The van der Waals surface area contributed by atoms with Crippen molar-refractivity contribution in [1.82, 2.24) is 21.3 Å². The molecule has 2 atom stereocenters. The van der Waals surface area contributed by atoms with E-state index >= 15 is 0 Å². The molecule has 0 fully saturated rings. The molecule has 0 aliphatic carbocycles. The Balaban J connectivity index is 1.34. The molecule has 0 unspecified atom stereocenters. The highest BCUT2D eigenvalue weighted by Gasteiger charge is 2.29. The largest absolute Gasteiger partial charge is 0.368 e. The van der Waals surface area contributed by atoms with Gasteiger partial charge in [-0.05, 0) is 60.0 Å². The second-order valence-electron chi connectivity index (χ2n) is 11.7. The summed E-state index contributed by atoms with van der Waals surface area (Å²) >= 11 is 0. The number of benzene rings is 4. The van der Waals surface area contributed by atoms with Crippen molar-refractivity contribution in [2.45, 2.75) is 53.5 Å². The van der Waals surface area contributed by atoms with Gasteiger partial charge in [-0.3, -0.25) is 24.0 Å². The Bertz CT molecular complexity index is 1660. The Morgan fingerprint density at radius 3 is 1.71 bits per heavy atom. The fourth-order valence-corrected chi connectivity index (χ4v) is 7.14. The highest BCUT2D eigenvalue weighted by Crippen LogP contribution is 2.31. The van der Waals surface area contributed by atoms with Gasteiger partial charge in [-0.25, -0.2) is 0 Å². The predicted octanol–water partition coefficient (Wildman–Crippen LogP) is 3.37. The van der Waals surface area contributed by atoms with Crippen LogP contribution in [-0.2, 0) is 36.5 Å². The molecule has 0 aliphatic heterocycles. The van der Waals surface area contributed by atoms with Gasteiger partial charge in [-0.15, -0.1) is 0 Å². The van der Waals surface area contributed by atoms with Crippen LogP contribution in [0.4, 0.5) is 0 Å². The fraction of sp³-hybridized carbons (Fsp3) is 0.237. The van der Waals surface area contributed by atoms with Crippen LogP contribution in [0.15, 0.2) is 130 Å². The lowest BCUT2D eigenvalue weighted by molar-refractivity contribution is -0.130. The smallest absolute Gasteiger partial charge is 0.251 e. The van der Waals surface area contributed by atoms with E-state index in [0.29, 0.717) is 5.56 Å². The Morgan fingerprint density at radius 2 is 1.18 bits per heavy atom. The number of nitrogens with two attached hydrogens (primary N) is 1. The molecule has 0 radical (unpaired) electrons. The molecule has 0 heterocycles. The second-order valence-corrected chi connectivity index (χ2v) is 13.7. The van der Waals surface area contributed by atoms with Crippen LogP contribution < -0.4 is 27.0 Å². The molecular weight excluding hydrogens is 639 g/mol. The zero-order valence-electron chi connectivity index (χ0n) is 27.6. The quantitative estimate of drug-likeness (QED) is 0.115. The van der Waals surface area contributed by atoms with E-state index in [9.17, 15) is 24.0 Å². The Labute approximate surface area is 289 Å². The van der Waals surface area contributed by atoms with Crippen molar-refractivity contribution in [3.63, 3.8) is 0 Å². The Morgan fingerprint density at radius 1 is 0.653 bits per heavy atom. The minimum Gasteiger partial charge on any atom is -0.368 e. The first-order valence-electron chi connectivity index (χ1n) is 16.0. The van der Waals surface area contributed by atoms with Crippen LogP contribution >= 0.6 is 0 Å². The molecule has 254 valence electrons. The molecule has 0 aromatic heterocycles. The summed E-state index contributed by atoms with van der Waals surface area (Å²) in [4.78, 5) is 66.4. The zero-order valence-corrected chi connectivity index (χ0v) is 28.4. The fourth-order valence-electron chi connectivity index (χ4n) is 5.06. The molecular formula is C38H42N5O5S+. The lowest BCUT2D eigenvalue weighted by atomic mass is 10.0. The highest BCUT2D eigenvalue weighted by molar-refractivity contribution is 7.97. The molecule has 0 saturated carbocycles. The summed E-state index contributed by atoms with van der Waals surface area (Å²) in [6, 6.07) is 35.2. The maximum absolute atomic E-state index is 13.3. The zero-order chi connectivity index (χ0) is 35.2. The normalized spacial score (nSPS) is 12.1. The van der Waals surface area contributed by atoms with Crippen molar-refractivity contribution >= 4 is 40.4 Å². The third-order valence-electron chi connectivity index (χ3n) is 7.57. The van der Waals surface area contributed by atoms with Gasteiger partial charge in [0.05, 0.1) is 17.4 Å². The van der Waals surface area contributed by atoms with Crippen molar-refractivity contribution in [3.8, 4) is 0 Å². The van der Waals surface area contributed by atoms with Crippen LogP contribution in [0.1, 0.15) is 36.2 Å². The SMILES string of the molecule is CC(C)[C@H](NC(=O)c1ccc([S+](c2ccccc2)c2ccccc2)cc1)C(=O)NCCC(=O)N[C@@H](Cc1ccccc1)C(=O)NCC(N)=O. The average Bonchev–Trinajstić information content (AvgIpc) is 3.10. The molecule has 10 nitrogen and oxygen atoms in total. The maximum Gasteiger partial charge on any atom is 0.251 e. The van der Waals surface area contributed by atoms with Gasteiger partial charge in [-0.2, -0.15) is 0 Å². The van der Waals surface area contributed by atoms with Gasteiger partial charge in [0.15, 0.2) is 14.7 Å². The molecule has 11 heteroatoms. The van der Waals surface area contributed by atoms with Crippen molar-refractivity contribution in [3.05, 3.63) is 126 Å². The summed E-state index contributed by atoms with van der Waals surface area (Å²) in [5.41, 5.74) is 6.38. The molecule has 4 aromatic carbocycles. The third-order valence-corrected chi connectivity index (χ3v) is 9.80. The van der Waals surface area contributed by atoms with Gasteiger partial charge >= 0.3 is 0 Å². The first kappa shape index (κ1) is 36.4. The Kier molecular flexibility index (Phi) is 13.5. The Hall–Kier alpha value is -5.42. The highest BCUT2D eigenvalue weighted by atomic mass is 32.2. The van der Waals surface area contributed by atoms with E-state index in [0.717, 1.165) is 20.2 Å². The van der Waals surface area contributed by atoms with Gasteiger partial charge in [0.2, 0.25) is 23.6 Å². The molecule has 0 spiro atoms. The molecule has 6 N–H and O–H groups in total. The molecule has 0 bridgehead atoms. The second kappa shape index (κ2) is 18.2. The van der Waals surface area contributed by atoms with Crippen LogP contribution in [0, 0.1) is 5.92 Å². The number of carbonyl (C=O) groups is 5. The van der Waals surface area contributed by atoms with E-state index < -0.39 is 35.7 Å². The summed E-state index contributed by atoms with van der Waals surface area (Å²) in [5.74, 6) is -2.77. The van der Waals surface area contributed by atoms with Gasteiger partial charge in [0.1, 0.15) is 12.1 Å². The maximum atomic E-state index is 13.3. The van der Waals surface area contributed by atoms with Crippen molar-refractivity contribution in [2.75, 3.05) is 13.1 Å². The van der Waals surface area contributed by atoms with E-state index in [2.05, 4.69) is 45.5 Å². The molecule has 0 saturated heterocycles. The monoisotopic (exact) mass is 680 g/mol. The van der Waals surface area contributed by atoms with Crippen molar-refractivity contribution < 1.29 is 24.0 Å². The molecule has 4 aromatic rings. The number of primary amides is 1. The van der Waals surface area contributed by atoms with E-state index in [4.69, 9.17) is 5.73 Å². The predicted molar refractivity (Wildman–Crippen MR) is 189 cm³/mol. The number of amides is 5. The van der Waals surface area contributed by atoms with E-state index in [-0.39, 0.29) is 48.7 Å². The van der Waals surface area contributed by atoms with E-state index in [1.54, 1.807) is 12.1 Å². The van der Waals surface area contributed by atoms with Crippen LogP contribution in [0.2, 0.25) is 0 Å². The van der Waals surface area contributed by atoms with Crippen LogP contribution in [0.3, 0.4) is 0 Å². The number of nitrogens with one attached hydrogen (secondary N) is 4. The molecule has 49 heavy (non-hydrogen) atoms. The summed E-state index contributed by atoms with van der Waals surface area (Å²) in [5, 5.41) is 10.7. The van der Waals surface area contributed by atoms with Gasteiger partial charge in [-0.1, -0.05) is 80.6 Å². The minimum atomic E-state index is -0.949. The van der Waals surface area contributed by atoms with E-state index in [1.165, 1.54) is 0 Å². The lowest BCUT2D eigenvalue weighted by Crippen LogP contribution is -2.51. The summed E-state index contributed by atoms with van der Waals surface area (Å²) < 4.78 is 0. The summed E-state index contributed by atoms with van der Waals surface area (Å²) in [7, 11) is -0.359. The van der Waals surface area contributed by atoms with E-state index in [1.807, 2.05) is 92.7 Å². The summed E-state index contributed by atoms with van der Waals surface area (Å²) in [6.45, 7) is 3.28. The van der Waals surface area contributed by atoms with Crippen LogP contribution in [0.25, 0.3) is 0 Å². The first-order chi connectivity index (χ1) is 23.6. The molecule has 0 aliphatic rings. The number of rotatable bonds is 16. The standard InChI is InChI=1S/C38H41N5O5S/c1-26(2)35(38(48)40-23-22-34(45)42-32(37(47)41-25-33(39)44)24-27-12-6-3-7-13-27)43-36(46)28-18-20-31(21-19-28)49(29-14-8-4-9-15-29)30-16-10-5-11-17-30/h3-21,26,32,35H,22-25H2,1-2H3,(H5-,39,40,41,42,43,44,45,46,47,48)/p+1/t32-,35-/m0/s1.